The first-order valence-electron chi connectivity index (χ1n) is 7.40. The van der Waals surface area contributed by atoms with Crippen molar-refractivity contribution in [1.82, 2.24) is 10.2 Å². The average Bonchev–Trinajstić information content (AvgIpc) is 2.86. The molecule has 1 heterocycles. The summed E-state index contributed by atoms with van der Waals surface area (Å²) < 4.78 is 0. The second-order valence-electron chi connectivity index (χ2n) is 5.75. The van der Waals surface area contributed by atoms with Crippen LogP contribution in [0.15, 0.2) is 0 Å². The van der Waals surface area contributed by atoms with Crippen molar-refractivity contribution in [3.05, 3.63) is 0 Å². The maximum Gasteiger partial charge on any atom is 0.317 e. The molecular weight excluding hydrogens is 244 g/mol. The SMILES string of the molecule is CCC1CCCC1NC(=O)N1CCC(C(=O)O)CC1. The van der Waals surface area contributed by atoms with Crippen molar-refractivity contribution < 1.29 is 14.7 Å². The molecule has 2 atom stereocenters. The van der Waals surface area contributed by atoms with Crippen LogP contribution in [0.4, 0.5) is 4.79 Å². The molecule has 0 aromatic carbocycles. The Kier molecular flexibility index (Phi) is 4.66. The van der Waals surface area contributed by atoms with Gasteiger partial charge in [0.05, 0.1) is 5.92 Å². The van der Waals surface area contributed by atoms with Crippen LogP contribution in [-0.4, -0.2) is 41.1 Å². The van der Waals surface area contributed by atoms with Crippen LogP contribution in [0, 0.1) is 11.8 Å². The van der Waals surface area contributed by atoms with Gasteiger partial charge in [-0.05, 0) is 31.6 Å². The lowest BCUT2D eigenvalue weighted by Crippen LogP contribution is -2.49. The standard InChI is InChI=1S/C14H24N2O3/c1-2-10-4-3-5-12(10)15-14(19)16-8-6-11(7-9-16)13(17)18/h10-12H,2-9H2,1H3,(H,15,19)(H,17,18). The number of hydrogen-bond donors (Lipinski definition) is 2. The van der Waals surface area contributed by atoms with Crippen LogP contribution in [0.2, 0.25) is 0 Å². The van der Waals surface area contributed by atoms with Gasteiger partial charge in [-0.1, -0.05) is 19.8 Å². The van der Waals surface area contributed by atoms with E-state index in [9.17, 15) is 9.59 Å². The number of hydrogen-bond acceptors (Lipinski definition) is 2. The molecule has 2 fully saturated rings. The van der Waals surface area contributed by atoms with E-state index in [-0.39, 0.29) is 11.9 Å². The Morgan fingerprint density at radius 2 is 1.89 bits per heavy atom. The van der Waals surface area contributed by atoms with Crippen LogP contribution in [0.25, 0.3) is 0 Å². The molecule has 0 aromatic heterocycles. The summed E-state index contributed by atoms with van der Waals surface area (Å²) in [5.41, 5.74) is 0. The summed E-state index contributed by atoms with van der Waals surface area (Å²) in [7, 11) is 0. The third-order valence-corrected chi connectivity index (χ3v) is 4.62. The van der Waals surface area contributed by atoms with Gasteiger partial charge in [0, 0.05) is 19.1 Å². The molecule has 2 aliphatic rings. The molecule has 0 bridgehead atoms. The first kappa shape index (κ1) is 14.2. The summed E-state index contributed by atoms with van der Waals surface area (Å²) in [6.45, 7) is 3.30. The molecule has 1 saturated heterocycles. The molecule has 0 radical (unpaired) electrons. The number of carbonyl (C=O) groups excluding carboxylic acids is 1. The number of carboxylic acids is 1. The highest BCUT2D eigenvalue weighted by Crippen LogP contribution is 2.28. The van der Waals surface area contributed by atoms with Crippen LogP contribution in [-0.2, 0) is 4.79 Å². The second kappa shape index (κ2) is 6.26. The smallest absolute Gasteiger partial charge is 0.317 e. The molecule has 0 aromatic rings. The van der Waals surface area contributed by atoms with E-state index in [1.165, 1.54) is 12.8 Å². The molecular formula is C14H24N2O3. The van der Waals surface area contributed by atoms with E-state index in [0.717, 1.165) is 12.8 Å². The van der Waals surface area contributed by atoms with Gasteiger partial charge in [-0.3, -0.25) is 4.79 Å². The maximum atomic E-state index is 12.2. The van der Waals surface area contributed by atoms with Crippen molar-refractivity contribution in [2.24, 2.45) is 11.8 Å². The lowest BCUT2D eigenvalue weighted by molar-refractivity contribution is -0.143. The monoisotopic (exact) mass is 268 g/mol. The van der Waals surface area contributed by atoms with Gasteiger partial charge in [-0.15, -0.1) is 0 Å². The van der Waals surface area contributed by atoms with E-state index in [1.807, 2.05) is 0 Å². The topological polar surface area (TPSA) is 69.6 Å². The minimum Gasteiger partial charge on any atom is -0.481 e. The minimum atomic E-state index is -0.734. The highest BCUT2D eigenvalue weighted by atomic mass is 16.4. The third kappa shape index (κ3) is 3.39. The van der Waals surface area contributed by atoms with Gasteiger partial charge in [0.15, 0.2) is 0 Å². The highest BCUT2D eigenvalue weighted by Gasteiger charge is 2.31. The number of carbonyl (C=O) groups is 2. The number of likely N-dealkylation sites (tertiary alicyclic amines) is 1. The second-order valence-corrected chi connectivity index (χ2v) is 5.75. The van der Waals surface area contributed by atoms with Crippen molar-refractivity contribution in [3.8, 4) is 0 Å². The summed E-state index contributed by atoms with van der Waals surface area (Å²) in [6.07, 6.45) is 5.75. The Morgan fingerprint density at radius 3 is 2.47 bits per heavy atom. The van der Waals surface area contributed by atoms with Crippen molar-refractivity contribution in [2.75, 3.05) is 13.1 Å². The summed E-state index contributed by atoms with van der Waals surface area (Å²) >= 11 is 0. The fraction of sp³-hybridized carbons (Fsp3) is 0.857. The van der Waals surface area contributed by atoms with Crippen LogP contribution in [0.3, 0.4) is 0 Å². The van der Waals surface area contributed by atoms with E-state index >= 15 is 0 Å². The molecule has 1 aliphatic heterocycles. The van der Waals surface area contributed by atoms with Crippen LogP contribution >= 0.6 is 0 Å². The zero-order valence-corrected chi connectivity index (χ0v) is 11.6. The molecule has 1 saturated carbocycles. The predicted molar refractivity (Wildman–Crippen MR) is 71.9 cm³/mol. The summed E-state index contributed by atoms with van der Waals surface area (Å²) in [5.74, 6) is -0.402. The zero-order chi connectivity index (χ0) is 13.8. The summed E-state index contributed by atoms with van der Waals surface area (Å²) in [6, 6.07) is 0.309. The van der Waals surface area contributed by atoms with Gasteiger partial charge >= 0.3 is 12.0 Å². The van der Waals surface area contributed by atoms with Crippen molar-refractivity contribution >= 4 is 12.0 Å². The van der Waals surface area contributed by atoms with E-state index in [1.54, 1.807) is 4.90 Å². The fourth-order valence-corrected chi connectivity index (χ4v) is 3.29. The van der Waals surface area contributed by atoms with Crippen molar-refractivity contribution in [2.45, 2.75) is 51.5 Å². The molecule has 108 valence electrons. The van der Waals surface area contributed by atoms with E-state index in [2.05, 4.69) is 12.2 Å². The third-order valence-electron chi connectivity index (χ3n) is 4.62. The number of nitrogens with one attached hydrogen (secondary N) is 1. The largest absolute Gasteiger partial charge is 0.481 e. The number of piperidine rings is 1. The molecule has 1 aliphatic carbocycles. The molecule has 5 nitrogen and oxygen atoms in total. The van der Waals surface area contributed by atoms with Crippen molar-refractivity contribution in [1.29, 1.82) is 0 Å². The van der Waals surface area contributed by atoms with Crippen LogP contribution < -0.4 is 5.32 Å². The lowest BCUT2D eigenvalue weighted by atomic mass is 9.97. The summed E-state index contributed by atoms with van der Waals surface area (Å²) in [5, 5.41) is 12.1. The number of urea groups is 1. The Morgan fingerprint density at radius 1 is 1.21 bits per heavy atom. The maximum absolute atomic E-state index is 12.2. The Labute approximate surface area is 114 Å². The number of aliphatic carboxylic acids is 1. The number of amides is 2. The molecule has 2 N–H and O–H groups in total. The van der Waals surface area contributed by atoms with Gasteiger partial charge in [0.1, 0.15) is 0 Å². The number of carboxylic acid groups (broad SMARTS) is 1. The fourth-order valence-electron chi connectivity index (χ4n) is 3.29. The molecule has 2 amide bonds. The van der Waals surface area contributed by atoms with Gasteiger partial charge in [-0.2, -0.15) is 0 Å². The summed E-state index contributed by atoms with van der Waals surface area (Å²) in [4.78, 5) is 24.8. The van der Waals surface area contributed by atoms with Gasteiger partial charge < -0.3 is 15.3 Å². The van der Waals surface area contributed by atoms with Gasteiger partial charge in [-0.25, -0.2) is 4.79 Å². The Hall–Kier alpha value is -1.26. The molecule has 5 heteroatoms. The van der Waals surface area contributed by atoms with E-state index < -0.39 is 5.97 Å². The number of nitrogens with zero attached hydrogens (tertiary/aromatic N) is 1. The molecule has 2 rings (SSSR count). The Bertz CT molecular complexity index is 338. The first-order chi connectivity index (χ1) is 9.11. The van der Waals surface area contributed by atoms with Crippen molar-refractivity contribution in [3.63, 3.8) is 0 Å². The van der Waals surface area contributed by atoms with E-state index in [0.29, 0.717) is 37.9 Å². The zero-order valence-electron chi connectivity index (χ0n) is 11.6. The minimum absolute atomic E-state index is 0.00538. The van der Waals surface area contributed by atoms with E-state index in [4.69, 9.17) is 5.11 Å². The quantitative estimate of drug-likeness (QED) is 0.823. The first-order valence-corrected chi connectivity index (χ1v) is 7.40. The Balaban J connectivity index is 1.80. The average molecular weight is 268 g/mol. The van der Waals surface area contributed by atoms with Crippen LogP contribution in [0.1, 0.15) is 45.4 Å². The van der Waals surface area contributed by atoms with Crippen LogP contribution in [0.5, 0.6) is 0 Å². The lowest BCUT2D eigenvalue weighted by Gasteiger charge is -2.32. The van der Waals surface area contributed by atoms with Gasteiger partial charge in [0.25, 0.3) is 0 Å². The number of rotatable bonds is 3. The molecule has 0 spiro atoms. The highest BCUT2D eigenvalue weighted by molar-refractivity contribution is 5.75. The molecule has 19 heavy (non-hydrogen) atoms. The predicted octanol–water partition coefficient (Wildman–Crippen LogP) is 2.07. The normalized spacial score (nSPS) is 28.4. The molecule has 2 unspecified atom stereocenters. The van der Waals surface area contributed by atoms with Gasteiger partial charge in [0.2, 0.25) is 0 Å².